The van der Waals surface area contributed by atoms with E-state index in [9.17, 15) is 18.0 Å². The number of carboxylic acids is 1. The van der Waals surface area contributed by atoms with Gasteiger partial charge in [-0.25, -0.2) is 4.79 Å². The van der Waals surface area contributed by atoms with E-state index in [1.165, 1.54) is 6.07 Å². The number of aromatic carboxylic acids is 1. The molecule has 102 valence electrons. The molecule has 1 unspecified atom stereocenters. The fraction of sp³-hybridized carbons (Fsp3) is 0.308. The highest BCUT2D eigenvalue weighted by Gasteiger charge is 2.35. The molecule has 0 saturated heterocycles. The zero-order chi connectivity index (χ0) is 14.6. The number of halogens is 3. The molecule has 0 heterocycles. The van der Waals surface area contributed by atoms with Gasteiger partial charge in [-0.15, -0.1) is 12.3 Å². The van der Waals surface area contributed by atoms with Crippen molar-refractivity contribution in [3.05, 3.63) is 29.3 Å². The lowest BCUT2D eigenvalue weighted by Crippen LogP contribution is -2.17. The molecule has 0 amide bonds. The van der Waals surface area contributed by atoms with Crippen molar-refractivity contribution in [2.45, 2.75) is 25.6 Å². The summed E-state index contributed by atoms with van der Waals surface area (Å²) in [6.07, 6.45) is 0.726. The first-order chi connectivity index (χ1) is 8.75. The second-order valence-corrected chi connectivity index (χ2v) is 4.02. The maximum atomic E-state index is 12.8. The SMILES string of the molecule is C#CCC(C)Nc1ccc(C(=O)O)c(C(F)(F)F)c1. The Morgan fingerprint density at radius 1 is 1.53 bits per heavy atom. The Kier molecular flexibility index (Phi) is 4.43. The van der Waals surface area contributed by atoms with Gasteiger partial charge in [-0.1, -0.05) is 0 Å². The zero-order valence-electron chi connectivity index (χ0n) is 10.1. The first kappa shape index (κ1) is 14.9. The number of alkyl halides is 3. The summed E-state index contributed by atoms with van der Waals surface area (Å²) in [4.78, 5) is 10.8. The molecule has 0 aromatic heterocycles. The van der Waals surface area contributed by atoms with Crippen LogP contribution in [0.3, 0.4) is 0 Å². The normalized spacial score (nSPS) is 12.6. The molecule has 1 aromatic rings. The van der Waals surface area contributed by atoms with E-state index in [4.69, 9.17) is 11.5 Å². The molecule has 19 heavy (non-hydrogen) atoms. The summed E-state index contributed by atoms with van der Waals surface area (Å²) in [5.41, 5.74) is -1.78. The van der Waals surface area contributed by atoms with Gasteiger partial charge in [0.2, 0.25) is 0 Å². The molecule has 2 N–H and O–H groups in total. The zero-order valence-corrected chi connectivity index (χ0v) is 10.1. The number of carboxylic acid groups (broad SMARTS) is 1. The smallest absolute Gasteiger partial charge is 0.417 e. The van der Waals surface area contributed by atoms with E-state index in [0.717, 1.165) is 12.1 Å². The molecule has 3 nitrogen and oxygen atoms in total. The minimum Gasteiger partial charge on any atom is -0.478 e. The van der Waals surface area contributed by atoms with Crippen LogP contribution in [0.2, 0.25) is 0 Å². The third-order valence-electron chi connectivity index (χ3n) is 2.39. The van der Waals surface area contributed by atoms with Gasteiger partial charge in [-0.3, -0.25) is 0 Å². The summed E-state index contributed by atoms with van der Waals surface area (Å²) in [7, 11) is 0. The Bertz CT molecular complexity index is 518. The summed E-state index contributed by atoms with van der Waals surface area (Å²) < 4.78 is 38.3. The molecular formula is C13H12F3NO2. The summed E-state index contributed by atoms with van der Waals surface area (Å²) in [5.74, 6) is 0.768. The van der Waals surface area contributed by atoms with Crippen LogP contribution in [0.5, 0.6) is 0 Å². The molecular weight excluding hydrogens is 259 g/mol. The van der Waals surface area contributed by atoms with Crippen molar-refractivity contribution in [2.24, 2.45) is 0 Å². The maximum absolute atomic E-state index is 12.8. The average Bonchev–Trinajstić information content (AvgIpc) is 2.27. The fourth-order valence-electron chi connectivity index (χ4n) is 1.57. The van der Waals surface area contributed by atoms with E-state index in [0.29, 0.717) is 6.42 Å². The summed E-state index contributed by atoms with van der Waals surface area (Å²) in [6, 6.07) is 2.78. The largest absolute Gasteiger partial charge is 0.478 e. The van der Waals surface area contributed by atoms with Gasteiger partial charge in [-0.05, 0) is 25.1 Å². The van der Waals surface area contributed by atoms with Crippen LogP contribution in [0.4, 0.5) is 18.9 Å². The standard InChI is InChI=1S/C13H12F3NO2/c1-3-4-8(2)17-9-5-6-10(12(18)19)11(7-9)13(14,15)16/h1,5-8,17H,4H2,2H3,(H,18,19). The summed E-state index contributed by atoms with van der Waals surface area (Å²) >= 11 is 0. The molecule has 0 aliphatic heterocycles. The van der Waals surface area contributed by atoms with Crippen molar-refractivity contribution in [1.29, 1.82) is 0 Å². The number of rotatable bonds is 4. The molecule has 6 heteroatoms. The fourth-order valence-corrected chi connectivity index (χ4v) is 1.57. The second-order valence-electron chi connectivity index (χ2n) is 4.02. The highest BCUT2D eigenvalue weighted by molar-refractivity contribution is 5.90. The predicted molar refractivity (Wildman–Crippen MR) is 64.9 cm³/mol. The van der Waals surface area contributed by atoms with Gasteiger partial charge in [0.1, 0.15) is 0 Å². The van der Waals surface area contributed by atoms with Gasteiger partial charge in [0, 0.05) is 18.2 Å². The van der Waals surface area contributed by atoms with E-state index in [1.807, 2.05) is 0 Å². The second kappa shape index (κ2) is 5.65. The Morgan fingerprint density at radius 2 is 2.16 bits per heavy atom. The van der Waals surface area contributed by atoms with Crippen LogP contribution in [-0.4, -0.2) is 17.1 Å². The van der Waals surface area contributed by atoms with Crippen LogP contribution in [0.25, 0.3) is 0 Å². The maximum Gasteiger partial charge on any atom is 0.417 e. The molecule has 1 atom stereocenters. The molecule has 1 rings (SSSR count). The molecule has 0 radical (unpaired) electrons. The Labute approximate surface area is 108 Å². The molecule has 0 fully saturated rings. The van der Waals surface area contributed by atoms with Crippen LogP contribution >= 0.6 is 0 Å². The number of hydrogen-bond acceptors (Lipinski definition) is 2. The molecule has 0 aliphatic carbocycles. The molecule has 0 bridgehead atoms. The van der Waals surface area contributed by atoms with E-state index in [1.54, 1.807) is 6.92 Å². The van der Waals surface area contributed by atoms with Crippen molar-refractivity contribution < 1.29 is 23.1 Å². The van der Waals surface area contributed by atoms with Gasteiger partial charge in [0.05, 0.1) is 11.1 Å². The van der Waals surface area contributed by atoms with Crippen LogP contribution in [-0.2, 0) is 6.18 Å². The van der Waals surface area contributed by atoms with Gasteiger partial charge in [0.25, 0.3) is 0 Å². The topological polar surface area (TPSA) is 49.3 Å². The van der Waals surface area contributed by atoms with Crippen LogP contribution in [0.15, 0.2) is 18.2 Å². The minimum atomic E-state index is -4.72. The van der Waals surface area contributed by atoms with Crippen molar-refractivity contribution >= 4 is 11.7 Å². The van der Waals surface area contributed by atoms with Gasteiger partial charge in [-0.2, -0.15) is 13.2 Å². The van der Waals surface area contributed by atoms with E-state index >= 15 is 0 Å². The van der Waals surface area contributed by atoms with Crippen molar-refractivity contribution in [3.63, 3.8) is 0 Å². The number of hydrogen-bond donors (Lipinski definition) is 2. The predicted octanol–water partition coefficient (Wildman–Crippen LogP) is 3.23. The van der Waals surface area contributed by atoms with Crippen molar-refractivity contribution in [2.75, 3.05) is 5.32 Å². The molecule has 0 saturated carbocycles. The number of carbonyl (C=O) groups is 1. The van der Waals surface area contributed by atoms with E-state index in [2.05, 4.69) is 11.2 Å². The molecule has 1 aromatic carbocycles. The lowest BCUT2D eigenvalue weighted by Gasteiger charge is -2.16. The van der Waals surface area contributed by atoms with Gasteiger partial charge in [0.15, 0.2) is 0 Å². The Morgan fingerprint density at radius 3 is 2.63 bits per heavy atom. The van der Waals surface area contributed by atoms with Crippen LogP contribution in [0.1, 0.15) is 29.3 Å². The highest BCUT2D eigenvalue weighted by Crippen LogP contribution is 2.34. The number of nitrogens with one attached hydrogen (secondary N) is 1. The lowest BCUT2D eigenvalue weighted by molar-refractivity contribution is -0.138. The third-order valence-corrected chi connectivity index (χ3v) is 2.39. The Balaban J connectivity index is 3.13. The van der Waals surface area contributed by atoms with Gasteiger partial charge >= 0.3 is 12.1 Å². The quantitative estimate of drug-likeness (QED) is 0.827. The molecule has 0 aliphatic rings. The third kappa shape index (κ3) is 3.91. The monoisotopic (exact) mass is 271 g/mol. The van der Waals surface area contributed by atoms with Crippen LogP contribution < -0.4 is 5.32 Å². The summed E-state index contributed by atoms with van der Waals surface area (Å²) in [5, 5.41) is 11.5. The molecule has 0 spiro atoms. The first-order valence-electron chi connectivity index (χ1n) is 5.40. The summed E-state index contributed by atoms with van der Waals surface area (Å²) in [6.45, 7) is 1.72. The Hall–Kier alpha value is -2.16. The number of anilines is 1. The van der Waals surface area contributed by atoms with Crippen LogP contribution in [0, 0.1) is 12.3 Å². The van der Waals surface area contributed by atoms with Gasteiger partial charge < -0.3 is 10.4 Å². The minimum absolute atomic E-state index is 0.181. The highest BCUT2D eigenvalue weighted by atomic mass is 19.4. The number of benzene rings is 1. The lowest BCUT2D eigenvalue weighted by atomic mass is 10.1. The number of terminal acetylenes is 1. The van der Waals surface area contributed by atoms with Crippen molar-refractivity contribution in [1.82, 2.24) is 0 Å². The van der Waals surface area contributed by atoms with E-state index in [-0.39, 0.29) is 11.7 Å². The van der Waals surface area contributed by atoms with E-state index < -0.39 is 23.3 Å². The van der Waals surface area contributed by atoms with Crippen molar-refractivity contribution in [3.8, 4) is 12.3 Å². The average molecular weight is 271 g/mol. The first-order valence-corrected chi connectivity index (χ1v) is 5.40.